The molecule has 4 N–H and O–H groups in total. The summed E-state index contributed by atoms with van der Waals surface area (Å²) in [5.74, 6) is 0.0717. The number of hydrogen-bond donors (Lipinski definition) is 3. The van der Waals surface area contributed by atoms with Crippen molar-refractivity contribution in [3.8, 4) is 0 Å². The average molecular weight is 195 g/mol. The van der Waals surface area contributed by atoms with Gasteiger partial charge in [0.25, 0.3) is 0 Å². The van der Waals surface area contributed by atoms with E-state index in [1.165, 1.54) is 0 Å². The van der Waals surface area contributed by atoms with Crippen LogP contribution in [0.2, 0.25) is 0 Å². The third kappa shape index (κ3) is 2.88. The van der Waals surface area contributed by atoms with Crippen LogP contribution >= 0.6 is 0 Å². The first kappa shape index (κ1) is 10.8. The van der Waals surface area contributed by atoms with E-state index in [4.69, 9.17) is 5.73 Å². The molecule has 1 aromatic rings. The Balaban J connectivity index is 2.35. The minimum atomic E-state index is -0.422. The maximum Gasteiger partial charge on any atom is 0.237 e. The molecular weight excluding hydrogens is 178 g/mol. The van der Waals surface area contributed by atoms with Crippen LogP contribution in [0.25, 0.3) is 0 Å². The number of amides is 1. The van der Waals surface area contributed by atoms with Gasteiger partial charge in [-0.2, -0.15) is 0 Å². The number of H-pyrrole nitrogens is 1. The Labute approximate surface area is 83.9 Å². The summed E-state index contributed by atoms with van der Waals surface area (Å²) in [6, 6.07) is 1.50. The quantitative estimate of drug-likeness (QED) is 0.659. The van der Waals surface area contributed by atoms with Gasteiger partial charge in [0.05, 0.1) is 6.04 Å². The topological polar surface area (TPSA) is 70.9 Å². The number of aromatic nitrogens is 1. The summed E-state index contributed by atoms with van der Waals surface area (Å²) in [6.07, 6.45) is 3.67. The Morgan fingerprint density at radius 3 is 2.86 bits per heavy atom. The van der Waals surface area contributed by atoms with Gasteiger partial charge in [0.15, 0.2) is 0 Å². The first-order valence-corrected chi connectivity index (χ1v) is 4.76. The van der Waals surface area contributed by atoms with E-state index in [2.05, 4.69) is 10.3 Å². The van der Waals surface area contributed by atoms with Crippen LogP contribution in [-0.4, -0.2) is 16.9 Å². The van der Waals surface area contributed by atoms with Crippen LogP contribution in [-0.2, 0) is 11.3 Å². The Hall–Kier alpha value is -1.29. The standard InChI is InChI=1S/C10H17N3O/c1-7(2)9(11)10(14)13-6-8-3-4-12-5-8/h3-5,7,9,12H,6,11H2,1-2H3,(H,13,14)/t9-/m0/s1. The summed E-state index contributed by atoms with van der Waals surface area (Å²) in [6.45, 7) is 4.39. The molecule has 0 spiro atoms. The van der Waals surface area contributed by atoms with Gasteiger partial charge >= 0.3 is 0 Å². The van der Waals surface area contributed by atoms with Gasteiger partial charge in [0, 0.05) is 18.9 Å². The first-order valence-electron chi connectivity index (χ1n) is 4.76. The van der Waals surface area contributed by atoms with E-state index in [1.807, 2.05) is 32.3 Å². The van der Waals surface area contributed by atoms with E-state index in [0.717, 1.165) is 5.56 Å². The number of nitrogens with one attached hydrogen (secondary N) is 2. The van der Waals surface area contributed by atoms with E-state index < -0.39 is 6.04 Å². The number of aromatic amines is 1. The number of hydrogen-bond acceptors (Lipinski definition) is 2. The minimum absolute atomic E-state index is 0.0961. The smallest absolute Gasteiger partial charge is 0.237 e. The van der Waals surface area contributed by atoms with E-state index in [-0.39, 0.29) is 11.8 Å². The second-order valence-corrected chi connectivity index (χ2v) is 3.71. The van der Waals surface area contributed by atoms with Crippen LogP contribution in [0, 0.1) is 5.92 Å². The van der Waals surface area contributed by atoms with Crippen LogP contribution in [0.4, 0.5) is 0 Å². The molecule has 78 valence electrons. The summed E-state index contributed by atoms with van der Waals surface area (Å²) in [5, 5.41) is 2.78. The van der Waals surface area contributed by atoms with Crippen molar-refractivity contribution in [3.05, 3.63) is 24.0 Å². The van der Waals surface area contributed by atoms with Gasteiger partial charge < -0.3 is 16.0 Å². The molecule has 0 aromatic carbocycles. The molecule has 1 amide bonds. The fourth-order valence-electron chi connectivity index (χ4n) is 1.08. The summed E-state index contributed by atoms with van der Waals surface area (Å²) < 4.78 is 0. The highest BCUT2D eigenvalue weighted by molar-refractivity contribution is 5.81. The predicted molar refractivity (Wildman–Crippen MR) is 55.5 cm³/mol. The Kier molecular flexibility index (Phi) is 3.71. The number of rotatable bonds is 4. The zero-order chi connectivity index (χ0) is 10.6. The van der Waals surface area contributed by atoms with Crippen LogP contribution in [0.3, 0.4) is 0 Å². The highest BCUT2D eigenvalue weighted by atomic mass is 16.2. The molecule has 0 unspecified atom stereocenters. The SMILES string of the molecule is CC(C)[C@H](N)C(=O)NCc1cc[nH]c1. The summed E-state index contributed by atoms with van der Waals surface area (Å²) >= 11 is 0. The fraction of sp³-hybridized carbons (Fsp3) is 0.500. The van der Waals surface area contributed by atoms with Crippen molar-refractivity contribution in [1.82, 2.24) is 10.3 Å². The largest absolute Gasteiger partial charge is 0.367 e. The van der Waals surface area contributed by atoms with Crippen molar-refractivity contribution >= 4 is 5.91 Å². The maximum atomic E-state index is 11.4. The van der Waals surface area contributed by atoms with E-state index in [1.54, 1.807) is 0 Å². The van der Waals surface area contributed by atoms with Crippen molar-refractivity contribution in [1.29, 1.82) is 0 Å². The van der Waals surface area contributed by atoms with Gasteiger partial charge in [0.2, 0.25) is 5.91 Å². The third-order valence-corrected chi connectivity index (χ3v) is 2.15. The molecule has 14 heavy (non-hydrogen) atoms. The molecule has 0 aliphatic rings. The van der Waals surface area contributed by atoms with Crippen LogP contribution < -0.4 is 11.1 Å². The normalized spacial score (nSPS) is 12.9. The third-order valence-electron chi connectivity index (χ3n) is 2.15. The molecule has 1 rings (SSSR count). The zero-order valence-electron chi connectivity index (χ0n) is 8.58. The van der Waals surface area contributed by atoms with Crippen LogP contribution in [0.15, 0.2) is 18.5 Å². The lowest BCUT2D eigenvalue weighted by atomic mass is 10.1. The second kappa shape index (κ2) is 4.81. The molecule has 4 heteroatoms. The predicted octanol–water partition coefficient (Wildman–Crippen LogP) is 0.614. The summed E-state index contributed by atoms with van der Waals surface area (Å²) in [4.78, 5) is 14.4. The summed E-state index contributed by atoms with van der Waals surface area (Å²) in [5.41, 5.74) is 6.73. The van der Waals surface area contributed by atoms with Crippen molar-refractivity contribution in [2.24, 2.45) is 11.7 Å². The first-order chi connectivity index (χ1) is 6.61. The molecular formula is C10H17N3O. The minimum Gasteiger partial charge on any atom is -0.367 e. The Morgan fingerprint density at radius 1 is 1.64 bits per heavy atom. The highest BCUT2D eigenvalue weighted by Crippen LogP contribution is 1.99. The molecule has 1 atom stereocenters. The van der Waals surface area contributed by atoms with Gasteiger partial charge in [-0.1, -0.05) is 13.8 Å². The van der Waals surface area contributed by atoms with Gasteiger partial charge in [-0.25, -0.2) is 0 Å². The van der Waals surface area contributed by atoms with Crippen LogP contribution in [0.1, 0.15) is 19.4 Å². The highest BCUT2D eigenvalue weighted by Gasteiger charge is 2.16. The number of carbonyl (C=O) groups is 1. The number of nitrogens with two attached hydrogens (primary N) is 1. The van der Waals surface area contributed by atoms with Crippen LogP contribution in [0.5, 0.6) is 0 Å². The van der Waals surface area contributed by atoms with Crippen molar-refractivity contribution in [3.63, 3.8) is 0 Å². The zero-order valence-corrected chi connectivity index (χ0v) is 8.58. The van der Waals surface area contributed by atoms with Gasteiger partial charge in [-0.15, -0.1) is 0 Å². The second-order valence-electron chi connectivity index (χ2n) is 3.71. The van der Waals surface area contributed by atoms with Crippen molar-refractivity contribution in [2.75, 3.05) is 0 Å². The lowest BCUT2D eigenvalue weighted by Gasteiger charge is -2.14. The van der Waals surface area contributed by atoms with Gasteiger partial charge in [-0.3, -0.25) is 4.79 Å². The molecule has 4 nitrogen and oxygen atoms in total. The molecule has 0 saturated heterocycles. The monoisotopic (exact) mass is 195 g/mol. The van der Waals surface area contributed by atoms with E-state index in [0.29, 0.717) is 6.54 Å². The van der Waals surface area contributed by atoms with E-state index in [9.17, 15) is 4.79 Å². The molecule has 0 aliphatic heterocycles. The molecule has 0 radical (unpaired) electrons. The van der Waals surface area contributed by atoms with Crippen molar-refractivity contribution < 1.29 is 4.79 Å². The molecule has 0 aliphatic carbocycles. The van der Waals surface area contributed by atoms with E-state index >= 15 is 0 Å². The van der Waals surface area contributed by atoms with Gasteiger partial charge in [0.1, 0.15) is 0 Å². The fourth-order valence-corrected chi connectivity index (χ4v) is 1.08. The molecule has 1 heterocycles. The Morgan fingerprint density at radius 2 is 2.36 bits per heavy atom. The number of carbonyl (C=O) groups excluding carboxylic acids is 1. The summed E-state index contributed by atoms with van der Waals surface area (Å²) in [7, 11) is 0. The maximum absolute atomic E-state index is 11.4. The average Bonchev–Trinajstić information content (AvgIpc) is 2.65. The molecule has 0 fully saturated rings. The molecule has 0 saturated carbocycles. The lowest BCUT2D eigenvalue weighted by Crippen LogP contribution is -2.43. The van der Waals surface area contributed by atoms with Gasteiger partial charge in [-0.05, 0) is 17.5 Å². The lowest BCUT2D eigenvalue weighted by molar-refractivity contribution is -0.123. The molecule has 0 bridgehead atoms. The Bertz CT molecular complexity index is 280. The van der Waals surface area contributed by atoms with Crippen molar-refractivity contribution in [2.45, 2.75) is 26.4 Å². The molecule has 1 aromatic heterocycles.